The van der Waals surface area contributed by atoms with Gasteiger partial charge in [0.2, 0.25) is 10.0 Å². The third-order valence-electron chi connectivity index (χ3n) is 3.78. The predicted molar refractivity (Wildman–Crippen MR) is 76.1 cm³/mol. The van der Waals surface area contributed by atoms with Gasteiger partial charge in [0, 0.05) is 24.3 Å². The molecular formula is C13H20F2N2O3S. The van der Waals surface area contributed by atoms with Crippen LogP contribution in [0.25, 0.3) is 0 Å². The largest absolute Gasteiger partial charge is 0.399 e. The summed E-state index contributed by atoms with van der Waals surface area (Å²) >= 11 is 0. The summed E-state index contributed by atoms with van der Waals surface area (Å²) in [6.45, 7) is 3.34. The van der Waals surface area contributed by atoms with Crippen LogP contribution in [0.2, 0.25) is 0 Å². The second kappa shape index (κ2) is 6.67. The van der Waals surface area contributed by atoms with E-state index < -0.39 is 32.0 Å². The Hall–Kier alpha value is -1.25. The molecule has 5 nitrogen and oxygen atoms in total. The third-order valence-corrected chi connectivity index (χ3v) is 5.18. The molecule has 8 heteroatoms. The number of hydrogen-bond donors (Lipinski definition) is 3. The predicted octanol–water partition coefficient (Wildman–Crippen LogP) is 1.62. The van der Waals surface area contributed by atoms with E-state index in [1.165, 1.54) is 0 Å². The van der Waals surface area contributed by atoms with Crippen LogP contribution >= 0.6 is 0 Å². The number of benzene rings is 1. The number of rotatable bonds is 7. The number of nitrogens with one attached hydrogen (secondary N) is 1. The third kappa shape index (κ3) is 3.90. The van der Waals surface area contributed by atoms with Crippen molar-refractivity contribution in [1.29, 1.82) is 0 Å². The van der Waals surface area contributed by atoms with E-state index in [-0.39, 0.29) is 18.8 Å². The Kier molecular flexibility index (Phi) is 5.66. The van der Waals surface area contributed by atoms with Crippen molar-refractivity contribution in [3.8, 4) is 0 Å². The summed E-state index contributed by atoms with van der Waals surface area (Å²) in [5.74, 6) is -2.80. The molecule has 1 aromatic rings. The molecule has 1 rings (SSSR count). The Labute approximate surface area is 123 Å². The molecule has 0 saturated heterocycles. The molecule has 0 aliphatic heterocycles. The van der Waals surface area contributed by atoms with E-state index in [0.717, 1.165) is 6.07 Å². The van der Waals surface area contributed by atoms with Gasteiger partial charge in [-0.05, 0) is 25.0 Å². The van der Waals surface area contributed by atoms with E-state index in [9.17, 15) is 22.3 Å². The maximum atomic E-state index is 13.6. The summed E-state index contributed by atoms with van der Waals surface area (Å²) in [5.41, 5.74) is 4.52. The molecule has 1 aromatic carbocycles. The Morgan fingerprint density at radius 3 is 2.33 bits per heavy atom. The number of sulfonamides is 1. The lowest BCUT2D eigenvalue weighted by atomic mass is 9.84. The number of hydrogen-bond acceptors (Lipinski definition) is 4. The molecule has 0 spiro atoms. The number of halogens is 2. The van der Waals surface area contributed by atoms with Gasteiger partial charge in [-0.25, -0.2) is 21.9 Å². The zero-order valence-corrected chi connectivity index (χ0v) is 12.8. The van der Waals surface area contributed by atoms with Crippen LogP contribution in [0.3, 0.4) is 0 Å². The lowest BCUT2D eigenvalue weighted by Gasteiger charge is -2.29. The molecule has 0 atom stereocenters. The summed E-state index contributed by atoms with van der Waals surface area (Å²) < 4.78 is 53.3. The van der Waals surface area contributed by atoms with Crippen molar-refractivity contribution in [2.75, 3.05) is 18.9 Å². The van der Waals surface area contributed by atoms with E-state index >= 15 is 0 Å². The fourth-order valence-electron chi connectivity index (χ4n) is 1.88. The minimum Gasteiger partial charge on any atom is -0.399 e. The molecule has 21 heavy (non-hydrogen) atoms. The fourth-order valence-corrected chi connectivity index (χ4v) is 3.16. The van der Waals surface area contributed by atoms with E-state index in [2.05, 4.69) is 4.72 Å². The van der Waals surface area contributed by atoms with Crippen LogP contribution in [0.4, 0.5) is 14.5 Å². The lowest BCUT2D eigenvalue weighted by Crippen LogP contribution is -2.39. The van der Waals surface area contributed by atoms with Gasteiger partial charge in [-0.2, -0.15) is 0 Å². The molecule has 4 N–H and O–H groups in total. The quantitative estimate of drug-likeness (QED) is 0.665. The highest BCUT2D eigenvalue weighted by Gasteiger charge is 2.29. The normalized spacial score (nSPS) is 12.6. The molecular weight excluding hydrogens is 302 g/mol. The van der Waals surface area contributed by atoms with Crippen molar-refractivity contribution >= 4 is 15.7 Å². The Morgan fingerprint density at radius 1 is 1.29 bits per heavy atom. The lowest BCUT2D eigenvalue weighted by molar-refractivity contribution is 0.119. The van der Waals surface area contributed by atoms with Gasteiger partial charge in [0.05, 0.1) is 0 Å². The SMILES string of the molecule is CCC(CC)(CO)CNS(=O)(=O)c1cc(N)cc(F)c1F. The molecule has 0 aromatic heterocycles. The Balaban J connectivity index is 3.08. The first kappa shape index (κ1) is 17.8. The number of nitrogen functional groups attached to an aromatic ring is 1. The zero-order valence-electron chi connectivity index (χ0n) is 12.0. The zero-order chi connectivity index (χ0) is 16.3. The smallest absolute Gasteiger partial charge is 0.243 e. The minimum atomic E-state index is -4.26. The first-order valence-electron chi connectivity index (χ1n) is 6.56. The summed E-state index contributed by atoms with van der Waals surface area (Å²) in [6, 6.07) is 1.57. The van der Waals surface area contributed by atoms with Gasteiger partial charge in [-0.15, -0.1) is 0 Å². The number of anilines is 1. The van der Waals surface area contributed by atoms with Crippen LogP contribution < -0.4 is 10.5 Å². The van der Waals surface area contributed by atoms with Gasteiger partial charge in [0.25, 0.3) is 0 Å². The summed E-state index contributed by atoms with van der Waals surface area (Å²) in [6.07, 6.45) is 1.08. The van der Waals surface area contributed by atoms with Crippen LogP contribution in [-0.4, -0.2) is 26.7 Å². The summed E-state index contributed by atoms with van der Waals surface area (Å²) in [4.78, 5) is -0.834. The topological polar surface area (TPSA) is 92.4 Å². The molecule has 0 aliphatic carbocycles. The van der Waals surface area contributed by atoms with Crippen LogP contribution in [0.1, 0.15) is 26.7 Å². The number of aliphatic hydroxyl groups excluding tert-OH is 1. The highest BCUT2D eigenvalue weighted by molar-refractivity contribution is 7.89. The van der Waals surface area contributed by atoms with E-state index in [4.69, 9.17) is 5.73 Å². The van der Waals surface area contributed by atoms with Crippen LogP contribution in [0.5, 0.6) is 0 Å². The maximum absolute atomic E-state index is 13.6. The van der Waals surface area contributed by atoms with Gasteiger partial charge in [-0.3, -0.25) is 0 Å². The molecule has 0 heterocycles. The Bertz CT molecular complexity index is 593. The highest BCUT2D eigenvalue weighted by atomic mass is 32.2. The maximum Gasteiger partial charge on any atom is 0.243 e. The van der Waals surface area contributed by atoms with Crippen LogP contribution in [0.15, 0.2) is 17.0 Å². The van der Waals surface area contributed by atoms with Crippen LogP contribution in [0, 0.1) is 17.0 Å². The summed E-state index contributed by atoms with van der Waals surface area (Å²) in [5, 5.41) is 9.40. The molecule has 0 radical (unpaired) electrons. The second-order valence-electron chi connectivity index (χ2n) is 5.00. The van der Waals surface area contributed by atoms with Gasteiger partial charge in [0.1, 0.15) is 4.90 Å². The van der Waals surface area contributed by atoms with Gasteiger partial charge in [0.15, 0.2) is 11.6 Å². The Morgan fingerprint density at radius 2 is 1.86 bits per heavy atom. The molecule has 0 aliphatic rings. The fraction of sp³-hybridized carbons (Fsp3) is 0.538. The van der Waals surface area contributed by atoms with E-state index in [0.29, 0.717) is 18.9 Å². The van der Waals surface area contributed by atoms with Crippen LogP contribution in [-0.2, 0) is 10.0 Å². The van der Waals surface area contributed by atoms with E-state index in [1.807, 2.05) is 13.8 Å². The van der Waals surface area contributed by atoms with Crippen molar-refractivity contribution in [2.24, 2.45) is 5.41 Å². The van der Waals surface area contributed by atoms with E-state index in [1.54, 1.807) is 0 Å². The van der Waals surface area contributed by atoms with Crippen molar-refractivity contribution in [1.82, 2.24) is 4.72 Å². The molecule has 120 valence electrons. The molecule has 0 bridgehead atoms. The monoisotopic (exact) mass is 322 g/mol. The molecule has 0 amide bonds. The average molecular weight is 322 g/mol. The van der Waals surface area contributed by atoms with Crippen molar-refractivity contribution in [2.45, 2.75) is 31.6 Å². The van der Waals surface area contributed by atoms with Gasteiger partial charge >= 0.3 is 0 Å². The first-order chi connectivity index (χ1) is 9.71. The summed E-state index contributed by atoms with van der Waals surface area (Å²) in [7, 11) is -4.26. The highest BCUT2D eigenvalue weighted by Crippen LogP contribution is 2.26. The molecule has 0 fully saturated rings. The average Bonchev–Trinajstić information content (AvgIpc) is 2.45. The van der Waals surface area contributed by atoms with Gasteiger partial charge in [-0.1, -0.05) is 13.8 Å². The van der Waals surface area contributed by atoms with Gasteiger partial charge < -0.3 is 10.8 Å². The minimum absolute atomic E-state index is 0.0747. The van der Waals surface area contributed by atoms with Crippen molar-refractivity contribution in [3.63, 3.8) is 0 Å². The van der Waals surface area contributed by atoms with Crippen molar-refractivity contribution in [3.05, 3.63) is 23.8 Å². The second-order valence-corrected chi connectivity index (χ2v) is 6.74. The number of nitrogens with two attached hydrogens (primary N) is 1. The molecule has 0 saturated carbocycles. The number of aliphatic hydroxyl groups is 1. The van der Waals surface area contributed by atoms with Crippen molar-refractivity contribution < 1.29 is 22.3 Å². The molecule has 0 unspecified atom stereocenters. The first-order valence-corrected chi connectivity index (χ1v) is 8.04. The standard InChI is InChI=1S/C13H20F2N2O3S/c1-3-13(4-2,8-18)7-17-21(19,20)11-6-9(16)5-10(14)12(11)15/h5-6,17-18H,3-4,7-8,16H2,1-2H3.